The molecule has 0 unspecified atom stereocenters. The molecule has 24 heavy (non-hydrogen) atoms. The van der Waals surface area contributed by atoms with E-state index < -0.39 is 0 Å². The SMILES string of the molecule is O=c1c(Cc2cccnc2)cn2c3ccccc3c3ccnc1c32. The molecule has 0 aliphatic rings. The Balaban J connectivity index is 1.89. The summed E-state index contributed by atoms with van der Waals surface area (Å²) in [5, 5.41) is 2.21. The molecule has 114 valence electrons. The highest BCUT2D eigenvalue weighted by Crippen LogP contribution is 2.29. The van der Waals surface area contributed by atoms with Gasteiger partial charge in [0.05, 0.1) is 11.0 Å². The van der Waals surface area contributed by atoms with E-state index in [1.54, 1.807) is 18.6 Å². The Morgan fingerprint density at radius 2 is 1.88 bits per heavy atom. The van der Waals surface area contributed by atoms with Gasteiger partial charge in [0.1, 0.15) is 5.52 Å². The molecule has 0 aliphatic heterocycles. The minimum absolute atomic E-state index is 0.000223. The van der Waals surface area contributed by atoms with Crippen molar-refractivity contribution in [2.45, 2.75) is 6.42 Å². The van der Waals surface area contributed by atoms with Gasteiger partial charge < -0.3 is 4.40 Å². The first-order chi connectivity index (χ1) is 11.8. The van der Waals surface area contributed by atoms with Gasteiger partial charge in [-0.1, -0.05) is 24.3 Å². The van der Waals surface area contributed by atoms with E-state index in [0.29, 0.717) is 11.9 Å². The number of para-hydroxylation sites is 1. The van der Waals surface area contributed by atoms with Crippen molar-refractivity contribution in [3.63, 3.8) is 0 Å². The molecule has 0 fully saturated rings. The molecule has 0 aliphatic carbocycles. The minimum Gasteiger partial charge on any atom is -0.313 e. The fraction of sp³-hybridized carbons (Fsp3) is 0.0500. The van der Waals surface area contributed by atoms with Gasteiger partial charge in [0.15, 0.2) is 0 Å². The number of nitrogens with zero attached hydrogens (tertiary/aromatic N) is 3. The number of pyridine rings is 3. The second-order valence-electron chi connectivity index (χ2n) is 5.96. The Morgan fingerprint density at radius 3 is 2.75 bits per heavy atom. The molecule has 4 nitrogen and oxygen atoms in total. The number of fused-ring (bicyclic) bond motifs is 3. The number of hydrogen-bond donors (Lipinski definition) is 0. The van der Waals surface area contributed by atoms with Gasteiger partial charge in [-0.2, -0.15) is 0 Å². The van der Waals surface area contributed by atoms with Crippen molar-refractivity contribution in [2.24, 2.45) is 0 Å². The van der Waals surface area contributed by atoms with E-state index in [1.807, 2.05) is 36.5 Å². The Bertz CT molecular complexity index is 1240. The van der Waals surface area contributed by atoms with Crippen LogP contribution >= 0.6 is 0 Å². The topological polar surface area (TPSA) is 47.3 Å². The van der Waals surface area contributed by atoms with Crippen LogP contribution in [0.25, 0.3) is 27.3 Å². The van der Waals surface area contributed by atoms with Gasteiger partial charge in [0.2, 0.25) is 5.43 Å². The number of hydrogen-bond acceptors (Lipinski definition) is 3. The highest BCUT2D eigenvalue weighted by atomic mass is 16.1. The van der Waals surface area contributed by atoms with Crippen LogP contribution in [0.3, 0.4) is 0 Å². The fourth-order valence-electron chi connectivity index (χ4n) is 3.46. The molecule has 5 aromatic rings. The van der Waals surface area contributed by atoms with Crippen LogP contribution in [0.1, 0.15) is 11.1 Å². The van der Waals surface area contributed by atoms with Crippen LogP contribution in [-0.4, -0.2) is 14.4 Å². The second kappa shape index (κ2) is 4.86. The Hall–Kier alpha value is -3.27. The van der Waals surface area contributed by atoms with Crippen molar-refractivity contribution in [1.29, 1.82) is 0 Å². The molecule has 5 rings (SSSR count). The first-order valence-corrected chi connectivity index (χ1v) is 7.85. The molecule has 0 bridgehead atoms. The summed E-state index contributed by atoms with van der Waals surface area (Å²) in [6, 6.07) is 14.0. The molecule has 0 spiro atoms. The van der Waals surface area contributed by atoms with Crippen LogP contribution in [0.4, 0.5) is 0 Å². The van der Waals surface area contributed by atoms with Crippen molar-refractivity contribution in [3.05, 3.63) is 88.6 Å². The molecule has 4 heteroatoms. The van der Waals surface area contributed by atoms with E-state index in [9.17, 15) is 4.79 Å². The zero-order valence-electron chi connectivity index (χ0n) is 12.8. The molecule has 0 amide bonds. The summed E-state index contributed by atoms with van der Waals surface area (Å²) in [4.78, 5) is 21.4. The smallest absolute Gasteiger partial charge is 0.211 e. The molecule has 4 heterocycles. The lowest BCUT2D eigenvalue weighted by molar-refractivity contribution is 1.09. The van der Waals surface area contributed by atoms with E-state index in [4.69, 9.17) is 0 Å². The summed E-state index contributed by atoms with van der Waals surface area (Å²) in [5.41, 5.74) is 4.28. The van der Waals surface area contributed by atoms with E-state index in [1.165, 1.54) is 0 Å². The normalized spacial score (nSPS) is 11.7. The van der Waals surface area contributed by atoms with E-state index in [-0.39, 0.29) is 5.43 Å². The maximum absolute atomic E-state index is 12.9. The molecule has 1 aromatic carbocycles. The fourth-order valence-corrected chi connectivity index (χ4v) is 3.46. The minimum atomic E-state index is -0.000223. The van der Waals surface area contributed by atoms with Crippen molar-refractivity contribution in [1.82, 2.24) is 14.4 Å². The third kappa shape index (κ3) is 1.77. The molecule has 0 radical (unpaired) electrons. The van der Waals surface area contributed by atoms with E-state index in [2.05, 4.69) is 26.5 Å². The largest absolute Gasteiger partial charge is 0.313 e. The quantitative estimate of drug-likeness (QED) is 0.502. The lowest BCUT2D eigenvalue weighted by Crippen LogP contribution is -2.13. The number of aromatic nitrogens is 3. The predicted octanol–water partition coefficient (Wildman–Crippen LogP) is 3.42. The maximum atomic E-state index is 12.9. The van der Waals surface area contributed by atoms with Crippen LogP contribution in [0, 0.1) is 0 Å². The lowest BCUT2D eigenvalue weighted by atomic mass is 10.1. The Morgan fingerprint density at radius 1 is 0.958 bits per heavy atom. The van der Waals surface area contributed by atoms with Gasteiger partial charge in [-0.15, -0.1) is 0 Å². The van der Waals surface area contributed by atoms with Crippen LogP contribution in [-0.2, 0) is 6.42 Å². The monoisotopic (exact) mass is 311 g/mol. The van der Waals surface area contributed by atoms with Crippen molar-refractivity contribution >= 4 is 27.3 Å². The molecule has 4 aromatic heterocycles. The summed E-state index contributed by atoms with van der Waals surface area (Å²) in [7, 11) is 0. The summed E-state index contributed by atoms with van der Waals surface area (Å²) in [5.74, 6) is 0. The third-order valence-corrected chi connectivity index (χ3v) is 4.53. The van der Waals surface area contributed by atoms with Crippen molar-refractivity contribution in [3.8, 4) is 0 Å². The molecule has 0 N–H and O–H groups in total. The Labute approximate surface area is 137 Å². The van der Waals surface area contributed by atoms with Crippen molar-refractivity contribution in [2.75, 3.05) is 0 Å². The van der Waals surface area contributed by atoms with Gasteiger partial charge in [-0.25, -0.2) is 0 Å². The van der Waals surface area contributed by atoms with Crippen molar-refractivity contribution < 1.29 is 0 Å². The van der Waals surface area contributed by atoms with Gasteiger partial charge in [0.25, 0.3) is 0 Å². The summed E-state index contributed by atoms with van der Waals surface area (Å²) >= 11 is 0. The standard InChI is InChI=1S/C20H13N3O/c24-20-14(10-13-4-3-8-21-11-13)12-23-17-6-2-1-5-15(17)16-7-9-22-18(20)19(16)23/h1-9,11-12H,10H2. The molecule has 0 saturated heterocycles. The first kappa shape index (κ1) is 13.2. The maximum Gasteiger partial charge on any atom is 0.211 e. The number of rotatable bonds is 2. The highest BCUT2D eigenvalue weighted by molar-refractivity contribution is 6.12. The average Bonchev–Trinajstić information content (AvgIpc) is 2.95. The molecule has 0 atom stereocenters. The van der Waals surface area contributed by atoms with Gasteiger partial charge >= 0.3 is 0 Å². The molecule has 0 saturated carbocycles. The van der Waals surface area contributed by atoms with Crippen LogP contribution < -0.4 is 5.43 Å². The van der Waals surface area contributed by atoms with Gasteiger partial charge in [0, 0.05) is 47.5 Å². The third-order valence-electron chi connectivity index (χ3n) is 4.53. The molecular formula is C20H13N3O. The summed E-state index contributed by atoms with van der Waals surface area (Å²) < 4.78 is 2.10. The first-order valence-electron chi connectivity index (χ1n) is 7.85. The zero-order chi connectivity index (χ0) is 16.1. The van der Waals surface area contributed by atoms with Gasteiger partial charge in [-0.3, -0.25) is 14.8 Å². The van der Waals surface area contributed by atoms with Gasteiger partial charge in [-0.05, 0) is 23.8 Å². The zero-order valence-corrected chi connectivity index (χ0v) is 12.8. The number of benzene rings is 1. The predicted molar refractivity (Wildman–Crippen MR) is 94.7 cm³/mol. The lowest BCUT2D eigenvalue weighted by Gasteiger charge is -2.05. The Kier molecular flexibility index (Phi) is 2.67. The van der Waals surface area contributed by atoms with E-state index in [0.717, 1.165) is 32.9 Å². The second-order valence-corrected chi connectivity index (χ2v) is 5.96. The van der Waals surface area contributed by atoms with Crippen LogP contribution in [0.2, 0.25) is 0 Å². The average molecular weight is 311 g/mol. The van der Waals surface area contributed by atoms with Crippen LogP contribution in [0.5, 0.6) is 0 Å². The summed E-state index contributed by atoms with van der Waals surface area (Å²) in [6.45, 7) is 0. The van der Waals surface area contributed by atoms with E-state index >= 15 is 0 Å². The van der Waals surface area contributed by atoms with Crippen LogP contribution in [0.15, 0.2) is 72.0 Å². The highest BCUT2D eigenvalue weighted by Gasteiger charge is 2.16. The summed E-state index contributed by atoms with van der Waals surface area (Å²) in [6.07, 6.45) is 7.76. The molecular weight excluding hydrogens is 298 g/mol.